The van der Waals surface area contributed by atoms with Crippen LogP contribution in [-0.4, -0.2) is 31.1 Å². The fourth-order valence-electron chi connectivity index (χ4n) is 1.67. The first-order valence-electron chi connectivity index (χ1n) is 6.76. The zero-order valence-corrected chi connectivity index (χ0v) is 16.0. The molecule has 0 aromatic heterocycles. The van der Waals surface area contributed by atoms with E-state index in [0.717, 1.165) is 30.2 Å². The van der Waals surface area contributed by atoms with Crippen molar-refractivity contribution in [3.8, 4) is 0 Å². The van der Waals surface area contributed by atoms with Crippen LogP contribution in [0.15, 0.2) is 41.9 Å². The van der Waals surface area contributed by atoms with Crippen LogP contribution in [0, 0.1) is 0 Å². The van der Waals surface area contributed by atoms with Crippen molar-refractivity contribution < 1.29 is 13.2 Å². The van der Waals surface area contributed by atoms with Gasteiger partial charge in [0.15, 0.2) is 5.96 Å². The Morgan fingerprint density at radius 2 is 2.09 bits per heavy atom. The van der Waals surface area contributed by atoms with Crippen LogP contribution < -0.4 is 10.6 Å². The van der Waals surface area contributed by atoms with E-state index in [4.69, 9.17) is 0 Å². The van der Waals surface area contributed by atoms with Gasteiger partial charge < -0.3 is 10.6 Å². The number of nitrogens with one attached hydrogen (secondary N) is 2. The van der Waals surface area contributed by atoms with Gasteiger partial charge in [0, 0.05) is 31.6 Å². The number of aliphatic imine (C=N–C) groups is 1. The standard InChI is InChI=1S/C15H20F3N3S.HI/c1-3-8-22-9-7-20-14(19-2)21-11-12-5-4-6-13(10-12)15(16,17)18;/h3-6,10H,1,7-9,11H2,2H3,(H2,19,20,21);1H. The molecule has 2 N–H and O–H groups in total. The summed E-state index contributed by atoms with van der Waals surface area (Å²) < 4.78 is 37.9. The monoisotopic (exact) mass is 459 g/mol. The lowest BCUT2D eigenvalue weighted by Gasteiger charge is -2.13. The lowest BCUT2D eigenvalue weighted by atomic mass is 10.1. The average Bonchev–Trinajstić information content (AvgIpc) is 2.49. The molecule has 0 radical (unpaired) electrons. The molecule has 1 aromatic rings. The van der Waals surface area contributed by atoms with E-state index in [1.807, 2.05) is 6.08 Å². The summed E-state index contributed by atoms with van der Waals surface area (Å²) in [6.07, 6.45) is -2.48. The molecule has 3 nitrogen and oxygen atoms in total. The van der Waals surface area contributed by atoms with Crippen molar-refractivity contribution in [2.45, 2.75) is 12.7 Å². The Bertz CT molecular complexity index is 507. The van der Waals surface area contributed by atoms with Crippen LogP contribution in [0.25, 0.3) is 0 Å². The molecule has 0 amide bonds. The van der Waals surface area contributed by atoms with Gasteiger partial charge in [-0.15, -0.1) is 30.6 Å². The third kappa shape index (κ3) is 9.09. The fraction of sp³-hybridized carbons (Fsp3) is 0.400. The molecule has 0 atom stereocenters. The van der Waals surface area contributed by atoms with Crippen LogP contribution in [0.1, 0.15) is 11.1 Å². The van der Waals surface area contributed by atoms with Crippen LogP contribution in [-0.2, 0) is 12.7 Å². The number of guanidine groups is 1. The molecular weight excluding hydrogens is 438 g/mol. The molecule has 0 aliphatic rings. The predicted octanol–water partition coefficient (Wildman–Crippen LogP) is 3.91. The molecule has 0 heterocycles. The Hall–Kier alpha value is -0.900. The second-order valence-corrected chi connectivity index (χ2v) is 5.56. The van der Waals surface area contributed by atoms with Crippen LogP contribution in [0.2, 0.25) is 0 Å². The molecule has 0 unspecified atom stereocenters. The highest BCUT2D eigenvalue weighted by molar-refractivity contribution is 14.0. The van der Waals surface area contributed by atoms with Crippen LogP contribution in [0.5, 0.6) is 0 Å². The van der Waals surface area contributed by atoms with E-state index in [9.17, 15) is 13.2 Å². The van der Waals surface area contributed by atoms with Gasteiger partial charge in [0.25, 0.3) is 0 Å². The largest absolute Gasteiger partial charge is 0.416 e. The fourth-order valence-corrected chi connectivity index (χ4v) is 2.25. The molecule has 0 aliphatic carbocycles. The second-order valence-electron chi connectivity index (χ2n) is 4.41. The Morgan fingerprint density at radius 1 is 1.35 bits per heavy atom. The first-order valence-corrected chi connectivity index (χ1v) is 7.92. The molecule has 0 bridgehead atoms. The molecule has 1 aromatic carbocycles. The van der Waals surface area contributed by atoms with E-state index in [2.05, 4.69) is 22.2 Å². The van der Waals surface area contributed by atoms with Gasteiger partial charge in [0.1, 0.15) is 0 Å². The van der Waals surface area contributed by atoms with Crippen molar-refractivity contribution in [1.82, 2.24) is 10.6 Å². The third-order valence-electron chi connectivity index (χ3n) is 2.71. The second kappa shape index (κ2) is 11.6. The lowest BCUT2D eigenvalue weighted by molar-refractivity contribution is -0.137. The number of nitrogens with zero attached hydrogens (tertiary/aromatic N) is 1. The summed E-state index contributed by atoms with van der Waals surface area (Å²) in [5.41, 5.74) is -0.0885. The number of halogens is 4. The van der Waals surface area contributed by atoms with Gasteiger partial charge in [-0.1, -0.05) is 18.2 Å². The van der Waals surface area contributed by atoms with Crippen molar-refractivity contribution in [2.75, 3.05) is 25.1 Å². The maximum Gasteiger partial charge on any atom is 0.416 e. The highest BCUT2D eigenvalue weighted by Crippen LogP contribution is 2.29. The quantitative estimate of drug-likeness (QED) is 0.214. The maximum absolute atomic E-state index is 12.6. The molecule has 1 rings (SSSR count). The van der Waals surface area contributed by atoms with Gasteiger partial charge in [-0.05, 0) is 17.7 Å². The zero-order chi connectivity index (χ0) is 16.4. The normalized spacial score (nSPS) is 11.6. The average molecular weight is 459 g/mol. The predicted molar refractivity (Wildman–Crippen MR) is 103 cm³/mol. The van der Waals surface area contributed by atoms with E-state index in [0.29, 0.717) is 11.5 Å². The molecule has 0 spiro atoms. The minimum Gasteiger partial charge on any atom is -0.356 e. The molecule has 130 valence electrons. The van der Waals surface area contributed by atoms with Crippen molar-refractivity contribution >= 4 is 41.7 Å². The number of hydrogen-bond donors (Lipinski definition) is 2. The minimum absolute atomic E-state index is 0. The topological polar surface area (TPSA) is 36.4 Å². The van der Waals surface area contributed by atoms with E-state index >= 15 is 0 Å². The first kappa shape index (κ1) is 22.1. The van der Waals surface area contributed by atoms with Crippen molar-refractivity contribution in [2.24, 2.45) is 4.99 Å². The maximum atomic E-state index is 12.6. The van der Waals surface area contributed by atoms with Gasteiger partial charge in [-0.3, -0.25) is 4.99 Å². The Kier molecular flexibility index (Phi) is 11.2. The highest BCUT2D eigenvalue weighted by atomic mass is 127. The molecular formula is C15H21F3IN3S. The number of hydrogen-bond acceptors (Lipinski definition) is 2. The van der Waals surface area contributed by atoms with Crippen molar-refractivity contribution in [3.05, 3.63) is 48.0 Å². The zero-order valence-electron chi connectivity index (χ0n) is 12.8. The van der Waals surface area contributed by atoms with Gasteiger partial charge >= 0.3 is 6.18 Å². The van der Waals surface area contributed by atoms with Gasteiger partial charge in [0.2, 0.25) is 0 Å². The Morgan fingerprint density at radius 3 is 2.70 bits per heavy atom. The van der Waals surface area contributed by atoms with Gasteiger partial charge in [-0.25, -0.2) is 0 Å². The van der Waals surface area contributed by atoms with Crippen LogP contribution in [0.4, 0.5) is 13.2 Å². The molecule has 0 saturated heterocycles. The molecule has 8 heteroatoms. The Balaban J connectivity index is 0.00000484. The number of thioether (sulfide) groups is 1. The number of alkyl halides is 3. The molecule has 0 aliphatic heterocycles. The van der Waals surface area contributed by atoms with E-state index < -0.39 is 11.7 Å². The first-order chi connectivity index (χ1) is 10.5. The van der Waals surface area contributed by atoms with Crippen LogP contribution >= 0.6 is 35.7 Å². The molecule has 0 saturated carbocycles. The summed E-state index contributed by atoms with van der Waals surface area (Å²) in [6, 6.07) is 5.25. The van der Waals surface area contributed by atoms with E-state index in [1.165, 1.54) is 6.07 Å². The summed E-state index contributed by atoms with van der Waals surface area (Å²) in [5.74, 6) is 2.35. The number of rotatable bonds is 7. The smallest absolute Gasteiger partial charge is 0.356 e. The summed E-state index contributed by atoms with van der Waals surface area (Å²) in [6.45, 7) is 4.64. The molecule has 23 heavy (non-hydrogen) atoms. The Labute approximate surface area is 156 Å². The van der Waals surface area contributed by atoms with Crippen LogP contribution in [0.3, 0.4) is 0 Å². The van der Waals surface area contributed by atoms with E-state index in [1.54, 1.807) is 24.9 Å². The minimum atomic E-state index is -4.32. The van der Waals surface area contributed by atoms with Gasteiger partial charge in [-0.2, -0.15) is 24.9 Å². The van der Waals surface area contributed by atoms with Gasteiger partial charge in [0.05, 0.1) is 5.56 Å². The highest BCUT2D eigenvalue weighted by Gasteiger charge is 2.30. The van der Waals surface area contributed by atoms with Crippen molar-refractivity contribution in [3.63, 3.8) is 0 Å². The molecule has 0 fully saturated rings. The summed E-state index contributed by atoms with van der Waals surface area (Å²) in [4.78, 5) is 4.03. The summed E-state index contributed by atoms with van der Waals surface area (Å²) in [5, 5.41) is 6.10. The SMILES string of the molecule is C=CCSCCNC(=NC)NCc1cccc(C(F)(F)F)c1.I. The third-order valence-corrected chi connectivity index (χ3v) is 3.68. The summed E-state index contributed by atoms with van der Waals surface area (Å²) in [7, 11) is 1.62. The number of benzene rings is 1. The van der Waals surface area contributed by atoms with Crippen molar-refractivity contribution in [1.29, 1.82) is 0 Å². The van der Waals surface area contributed by atoms with E-state index in [-0.39, 0.29) is 30.5 Å². The summed E-state index contributed by atoms with van der Waals surface area (Å²) >= 11 is 1.74. The lowest BCUT2D eigenvalue weighted by Crippen LogP contribution is -2.38.